The minimum Gasteiger partial charge on any atom is -0.481 e. The van der Waals surface area contributed by atoms with Gasteiger partial charge in [-0.3, -0.25) is 9.59 Å². The zero-order valence-electron chi connectivity index (χ0n) is 19.5. The molecular formula is C22H28N6O7. The van der Waals surface area contributed by atoms with E-state index < -0.39 is 17.2 Å². The Kier molecular flexibility index (Phi) is 7.15. The van der Waals surface area contributed by atoms with Gasteiger partial charge in [0, 0.05) is 5.54 Å². The van der Waals surface area contributed by atoms with Gasteiger partial charge >= 0.3 is 12.0 Å². The number of hydrogen-bond acceptors (Lipinski definition) is 11. The number of aromatic nitrogens is 4. The maximum atomic E-state index is 12.5. The van der Waals surface area contributed by atoms with E-state index in [4.69, 9.17) is 18.9 Å². The molecule has 0 saturated heterocycles. The lowest BCUT2D eigenvalue weighted by Gasteiger charge is -2.56. The normalized spacial score (nSPS) is 24.8. The first-order valence-corrected chi connectivity index (χ1v) is 11.1. The van der Waals surface area contributed by atoms with Crippen molar-refractivity contribution in [3.63, 3.8) is 0 Å². The standard InChI is InChI=1S/C22H28N6O7/c1-32-19-23-8-14(9-24-19)34-12-17(30)27-21-3-5-22(6-4-21,16(29)7-21)28-18(31)13-35-15-10-25-20(33-2)26-11-15/h8-11,16,29H,3-7,12-13H2,1-2H3,(H,27,30)(H,28,31)/t16-,21?,22?/m1/s1. The Hall–Kier alpha value is -3.74. The quantitative estimate of drug-likeness (QED) is 0.405. The summed E-state index contributed by atoms with van der Waals surface area (Å²) in [6, 6.07) is 0.404. The van der Waals surface area contributed by atoms with Crippen LogP contribution < -0.4 is 29.6 Å². The molecule has 0 spiro atoms. The molecule has 13 nitrogen and oxygen atoms in total. The minimum absolute atomic E-state index is 0.199. The molecule has 2 bridgehead atoms. The number of rotatable bonds is 10. The molecule has 1 atom stereocenters. The van der Waals surface area contributed by atoms with Gasteiger partial charge in [0.05, 0.1) is 50.6 Å². The Balaban J connectivity index is 1.25. The molecule has 0 aromatic carbocycles. The van der Waals surface area contributed by atoms with Crippen LogP contribution in [-0.4, -0.2) is 81.5 Å². The highest BCUT2D eigenvalue weighted by Gasteiger charge is 2.55. The van der Waals surface area contributed by atoms with Crippen molar-refractivity contribution in [2.75, 3.05) is 27.4 Å². The van der Waals surface area contributed by atoms with Gasteiger partial charge in [0.1, 0.15) is 0 Å². The smallest absolute Gasteiger partial charge is 0.316 e. The Morgan fingerprint density at radius 3 is 1.74 bits per heavy atom. The van der Waals surface area contributed by atoms with Crippen LogP contribution in [0.3, 0.4) is 0 Å². The van der Waals surface area contributed by atoms with E-state index in [0.29, 0.717) is 43.6 Å². The maximum absolute atomic E-state index is 12.5. The molecule has 0 aliphatic heterocycles. The van der Waals surface area contributed by atoms with Gasteiger partial charge in [-0.15, -0.1) is 0 Å². The second kappa shape index (κ2) is 10.3. The van der Waals surface area contributed by atoms with Crippen LogP contribution in [0.5, 0.6) is 23.5 Å². The summed E-state index contributed by atoms with van der Waals surface area (Å²) in [5.74, 6) is 0.0161. The topological polar surface area (TPSA) is 167 Å². The molecule has 0 unspecified atom stereocenters. The van der Waals surface area contributed by atoms with E-state index in [1.54, 1.807) is 0 Å². The maximum Gasteiger partial charge on any atom is 0.316 e. The molecule has 13 heteroatoms. The van der Waals surface area contributed by atoms with Crippen LogP contribution in [0.15, 0.2) is 24.8 Å². The largest absolute Gasteiger partial charge is 0.481 e. The monoisotopic (exact) mass is 488 g/mol. The van der Waals surface area contributed by atoms with Crippen LogP contribution >= 0.6 is 0 Å². The first-order valence-electron chi connectivity index (χ1n) is 11.1. The first kappa shape index (κ1) is 24.4. The van der Waals surface area contributed by atoms with Gasteiger partial charge < -0.3 is 34.7 Å². The SMILES string of the molecule is COc1ncc(OCC(=O)NC23CCC(NC(=O)COc4cnc(OC)nc4)(CC2)[C@H](O)C3)cn1. The van der Waals surface area contributed by atoms with Gasteiger partial charge in [-0.25, -0.2) is 0 Å². The highest BCUT2D eigenvalue weighted by Crippen LogP contribution is 2.47. The fourth-order valence-electron chi connectivity index (χ4n) is 4.57. The highest BCUT2D eigenvalue weighted by molar-refractivity contribution is 5.79. The van der Waals surface area contributed by atoms with E-state index >= 15 is 0 Å². The fraction of sp³-hybridized carbons (Fsp3) is 0.545. The van der Waals surface area contributed by atoms with Gasteiger partial charge in [0.25, 0.3) is 11.8 Å². The number of carbonyl (C=O) groups excluding carboxylic acids is 2. The summed E-state index contributed by atoms with van der Waals surface area (Å²) in [6.07, 6.45) is 7.48. The van der Waals surface area contributed by atoms with Gasteiger partial charge in [-0.2, -0.15) is 19.9 Å². The molecule has 2 heterocycles. The lowest BCUT2D eigenvalue weighted by atomic mass is 9.60. The van der Waals surface area contributed by atoms with Gasteiger partial charge in [0.2, 0.25) is 0 Å². The third-order valence-corrected chi connectivity index (χ3v) is 6.43. The Labute approximate surface area is 201 Å². The highest BCUT2D eigenvalue weighted by atomic mass is 16.5. The summed E-state index contributed by atoms with van der Waals surface area (Å²) in [7, 11) is 2.91. The Morgan fingerprint density at radius 1 is 0.857 bits per heavy atom. The molecule has 0 radical (unpaired) electrons. The average Bonchev–Trinajstić information content (AvgIpc) is 2.88. The zero-order valence-corrected chi connectivity index (χ0v) is 19.5. The number of aliphatic hydroxyl groups is 1. The van der Waals surface area contributed by atoms with E-state index in [9.17, 15) is 14.7 Å². The molecule has 2 aromatic heterocycles. The average molecular weight is 489 g/mol. The lowest BCUT2D eigenvalue weighted by Crippen LogP contribution is -2.70. The number of nitrogens with zero attached hydrogens (tertiary/aromatic N) is 4. The Morgan fingerprint density at radius 2 is 1.31 bits per heavy atom. The van der Waals surface area contributed by atoms with Gasteiger partial charge in [0.15, 0.2) is 24.7 Å². The number of fused-ring (bicyclic) bond motifs is 3. The predicted molar refractivity (Wildman–Crippen MR) is 119 cm³/mol. The van der Waals surface area contributed by atoms with E-state index in [2.05, 4.69) is 30.6 Å². The number of methoxy groups -OCH3 is 2. The van der Waals surface area contributed by atoms with Gasteiger partial charge in [-0.05, 0) is 32.1 Å². The number of ether oxygens (including phenoxy) is 4. The third kappa shape index (κ3) is 5.67. The minimum atomic E-state index is -0.811. The molecule has 188 valence electrons. The molecular weight excluding hydrogens is 460 g/mol. The molecule has 35 heavy (non-hydrogen) atoms. The van der Waals surface area contributed by atoms with Crippen LogP contribution in [-0.2, 0) is 9.59 Å². The molecule has 3 saturated carbocycles. The van der Waals surface area contributed by atoms with Crippen molar-refractivity contribution < 1.29 is 33.6 Å². The van der Waals surface area contributed by atoms with Crippen molar-refractivity contribution in [1.82, 2.24) is 30.6 Å². The summed E-state index contributed by atoms with van der Waals surface area (Å²) in [5.41, 5.74) is -1.29. The summed E-state index contributed by atoms with van der Waals surface area (Å²) in [4.78, 5) is 40.8. The van der Waals surface area contributed by atoms with Crippen molar-refractivity contribution in [1.29, 1.82) is 0 Å². The third-order valence-electron chi connectivity index (χ3n) is 6.43. The zero-order chi connectivity index (χ0) is 24.9. The van der Waals surface area contributed by atoms with E-state index in [-0.39, 0.29) is 37.0 Å². The lowest BCUT2D eigenvalue weighted by molar-refractivity contribution is -0.137. The fourth-order valence-corrected chi connectivity index (χ4v) is 4.57. The van der Waals surface area contributed by atoms with Crippen molar-refractivity contribution in [2.24, 2.45) is 0 Å². The van der Waals surface area contributed by atoms with Crippen LogP contribution in [0, 0.1) is 0 Å². The van der Waals surface area contributed by atoms with Crippen molar-refractivity contribution >= 4 is 11.8 Å². The molecule has 3 N–H and O–H groups in total. The molecule has 2 aromatic rings. The van der Waals surface area contributed by atoms with Crippen molar-refractivity contribution in [3.05, 3.63) is 24.8 Å². The van der Waals surface area contributed by atoms with Crippen LogP contribution in [0.25, 0.3) is 0 Å². The van der Waals surface area contributed by atoms with Crippen molar-refractivity contribution in [3.8, 4) is 23.5 Å². The number of hydrogen-bond donors (Lipinski definition) is 3. The molecule has 3 aliphatic rings. The van der Waals surface area contributed by atoms with Crippen molar-refractivity contribution in [2.45, 2.75) is 49.3 Å². The second-order valence-electron chi connectivity index (χ2n) is 8.64. The summed E-state index contributed by atoms with van der Waals surface area (Å²) in [5, 5.41) is 16.8. The summed E-state index contributed by atoms with van der Waals surface area (Å²) < 4.78 is 20.7. The summed E-state index contributed by atoms with van der Waals surface area (Å²) >= 11 is 0. The summed E-state index contributed by atoms with van der Waals surface area (Å²) in [6.45, 7) is -0.444. The number of amides is 2. The Bertz CT molecular complexity index is 1030. The van der Waals surface area contributed by atoms with E-state index in [1.807, 2.05) is 0 Å². The van der Waals surface area contributed by atoms with Crippen LogP contribution in [0.1, 0.15) is 32.1 Å². The molecule has 5 rings (SSSR count). The first-order chi connectivity index (χ1) is 16.9. The number of carbonyl (C=O) groups is 2. The van der Waals surface area contributed by atoms with Crippen LogP contribution in [0.4, 0.5) is 0 Å². The number of aliphatic hydroxyl groups excluding tert-OH is 1. The van der Waals surface area contributed by atoms with E-state index in [0.717, 1.165) is 0 Å². The van der Waals surface area contributed by atoms with Crippen LogP contribution in [0.2, 0.25) is 0 Å². The van der Waals surface area contributed by atoms with E-state index in [1.165, 1.54) is 39.0 Å². The van der Waals surface area contributed by atoms with Gasteiger partial charge in [-0.1, -0.05) is 0 Å². The number of nitrogens with one attached hydrogen (secondary N) is 2. The molecule has 2 amide bonds. The second-order valence-corrected chi connectivity index (χ2v) is 8.64. The molecule has 3 fully saturated rings. The molecule has 3 aliphatic carbocycles. The predicted octanol–water partition coefficient (Wildman–Crippen LogP) is -0.210.